The molecule has 0 amide bonds. The monoisotopic (exact) mass is 154 g/mol. The van der Waals surface area contributed by atoms with Gasteiger partial charge in [-0.3, -0.25) is 0 Å². The first kappa shape index (κ1) is 8.30. The van der Waals surface area contributed by atoms with Gasteiger partial charge in [0.25, 0.3) is 0 Å². The second-order valence-electron chi connectivity index (χ2n) is 2.68. The van der Waals surface area contributed by atoms with E-state index in [2.05, 4.69) is 20.7 Å². The van der Waals surface area contributed by atoms with Gasteiger partial charge in [0.05, 0.1) is 13.1 Å². The zero-order chi connectivity index (χ0) is 7.78. The highest BCUT2D eigenvalue weighted by molar-refractivity contribution is 4.48. The summed E-state index contributed by atoms with van der Waals surface area (Å²) >= 11 is 0. The number of nitrogens with zero attached hydrogens (tertiary/aromatic N) is 4. The van der Waals surface area contributed by atoms with Crippen LogP contribution in [0.2, 0.25) is 0 Å². The van der Waals surface area contributed by atoms with Gasteiger partial charge in [0.2, 0.25) is 0 Å². The summed E-state index contributed by atoms with van der Waals surface area (Å²) in [4.78, 5) is 0. The molecule has 0 spiro atoms. The van der Waals surface area contributed by atoms with E-state index in [1.54, 1.807) is 0 Å². The largest absolute Gasteiger partial charge is 0.167 e. The van der Waals surface area contributed by atoms with Crippen LogP contribution in [0, 0.1) is 0 Å². The SMILES string of the molecule is C1CCC/N=N\N=N\CCC1. The van der Waals surface area contributed by atoms with Crippen molar-refractivity contribution in [1.82, 2.24) is 0 Å². The van der Waals surface area contributed by atoms with Crippen molar-refractivity contribution in [3.8, 4) is 0 Å². The van der Waals surface area contributed by atoms with E-state index in [0.717, 1.165) is 25.9 Å². The summed E-state index contributed by atoms with van der Waals surface area (Å²) in [5.74, 6) is 0. The predicted octanol–water partition coefficient (Wildman–Crippen LogP) is 2.77. The molecule has 0 aromatic rings. The maximum Gasteiger partial charge on any atom is 0.0621 e. The Balaban J connectivity index is 2.22. The average molecular weight is 154 g/mol. The number of hydrogen-bond donors (Lipinski definition) is 0. The Morgan fingerprint density at radius 1 is 0.545 bits per heavy atom. The maximum absolute atomic E-state index is 3.84. The maximum atomic E-state index is 3.84. The highest BCUT2D eigenvalue weighted by Gasteiger charge is 1.90. The molecule has 1 aliphatic heterocycles. The van der Waals surface area contributed by atoms with Crippen molar-refractivity contribution >= 4 is 0 Å². The molecule has 0 radical (unpaired) electrons. The lowest BCUT2D eigenvalue weighted by Gasteiger charge is -1.95. The van der Waals surface area contributed by atoms with E-state index < -0.39 is 0 Å². The average Bonchev–Trinajstić information content (AvgIpc) is 2.08. The van der Waals surface area contributed by atoms with Gasteiger partial charge in [-0.05, 0) is 23.3 Å². The quantitative estimate of drug-likeness (QED) is 0.515. The van der Waals surface area contributed by atoms with Crippen LogP contribution in [0.15, 0.2) is 20.7 Å². The summed E-state index contributed by atoms with van der Waals surface area (Å²) in [6.07, 6.45) is 6.10. The van der Waals surface area contributed by atoms with Crippen LogP contribution in [0.25, 0.3) is 0 Å². The molecule has 0 aliphatic carbocycles. The second kappa shape index (κ2) is 5.95. The third-order valence-corrected chi connectivity index (χ3v) is 1.68. The summed E-state index contributed by atoms with van der Waals surface area (Å²) in [5, 5.41) is 14.8. The Bertz CT molecular complexity index is 125. The number of rotatable bonds is 0. The topological polar surface area (TPSA) is 49.4 Å². The van der Waals surface area contributed by atoms with Gasteiger partial charge in [0.15, 0.2) is 0 Å². The van der Waals surface area contributed by atoms with Crippen molar-refractivity contribution in [3.05, 3.63) is 0 Å². The third-order valence-electron chi connectivity index (χ3n) is 1.68. The van der Waals surface area contributed by atoms with Gasteiger partial charge in [-0.1, -0.05) is 19.3 Å². The molecule has 4 nitrogen and oxygen atoms in total. The molecule has 4 heteroatoms. The molecule has 1 aliphatic rings. The van der Waals surface area contributed by atoms with Crippen molar-refractivity contribution in [2.75, 3.05) is 13.1 Å². The predicted molar refractivity (Wildman–Crippen MR) is 42.5 cm³/mol. The van der Waals surface area contributed by atoms with Gasteiger partial charge >= 0.3 is 0 Å². The van der Waals surface area contributed by atoms with Gasteiger partial charge in [0.1, 0.15) is 0 Å². The first-order chi connectivity index (χ1) is 5.50. The van der Waals surface area contributed by atoms with E-state index in [9.17, 15) is 0 Å². The molecule has 0 atom stereocenters. The Morgan fingerprint density at radius 2 is 1.00 bits per heavy atom. The van der Waals surface area contributed by atoms with Crippen molar-refractivity contribution in [2.24, 2.45) is 20.7 Å². The second-order valence-corrected chi connectivity index (χ2v) is 2.68. The normalized spacial score (nSPS) is 26.9. The fourth-order valence-corrected chi connectivity index (χ4v) is 1.04. The lowest BCUT2D eigenvalue weighted by Crippen LogP contribution is -1.83. The van der Waals surface area contributed by atoms with Crippen molar-refractivity contribution in [2.45, 2.75) is 32.1 Å². The minimum Gasteiger partial charge on any atom is -0.167 e. The molecule has 0 aromatic heterocycles. The minimum absolute atomic E-state index is 0.805. The molecule has 0 saturated heterocycles. The zero-order valence-corrected chi connectivity index (χ0v) is 6.74. The molecule has 0 unspecified atom stereocenters. The first-order valence-corrected chi connectivity index (χ1v) is 4.23. The standard InChI is InChI=1S/C7H14N4/c1-2-4-6-8-10-11-9-7-5-3-1/h1-7H2/b10-8-,11-9+. The van der Waals surface area contributed by atoms with Crippen LogP contribution in [0.1, 0.15) is 32.1 Å². The van der Waals surface area contributed by atoms with Crippen molar-refractivity contribution in [3.63, 3.8) is 0 Å². The van der Waals surface area contributed by atoms with E-state index in [1.807, 2.05) is 0 Å². The van der Waals surface area contributed by atoms with Crippen molar-refractivity contribution in [1.29, 1.82) is 0 Å². The minimum atomic E-state index is 0.805. The van der Waals surface area contributed by atoms with E-state index in [0.29, 0.717) is 0 Å². The van der Waals surface area contributed by atoms with E-state index >= 15 is 0 Å². The molecular formula is C7H14N4. The summed E-state index contributed by atoms with van der Waals surface area (Å²) in [6.45, 7) is 1.61. The Hall–Kier alpha value is -0.800. The molecule has 0 fully saturated rings. The van der Waals surface area contributed by atoms with Crippen LogP contribution < -0.4 is 0 Å². The molecule has 1 rings (SSSR count). The lowest BCUT2D eigenvalue weighted by atomic mass is 10.1. The fourth-order valence-electron chi connectivity index (χ4n) is 1.04. The van der Waals surface area contributed by atoms with Gasteiger partial charge in [-0.25, -0.2) is 0 Å². The van der Waals surface area contributed by atoms with Crippen LogP contribution in [-0.4, -0.2) is 13.1 Å². The Kier molecular flexibility index (Phi) is 4.49. The molecule has 0 saturated carbocycles. The third kappa shape index (κ3) is 4.58. The Morgan fingerprint density at radius 3 is 1.55 bits per heavy atom. The molecule has 0 aromatic carbocycles. The van der Waals surface area contributed by atoms with Gasteiger partial charge in [-0.2, -0.15) is 10.2 Å². The summed E-state index contributed by atoms with van der Waals surface area (Å²) < 4.78 is 0. The van der Waals surface area contributed by atoms with E-state index in [4.69, 9.17) is 0 Å². The summed E-state index contributed by atoms with van der Waals surface area (Å²) in [7, 11) is 0. The first-order valence-electron chi connectivity index (χ1n) is 4.23. The molecule has 0 bridgehead atoms. The van der Waals surface area contributed by atoms with Gasteiger partial charge in [0, 0.05) is 0 Å². The molecule has 11 heavy (non-hydrogen) atoms. The van der Waals surface area contributed by atoms with Crippen LogP contribution in [-0.2, 0) is 0 Å². The van der Waals surface area contributed by atoms with Crippen molar-refractivity contribution < 1.29 is 0 Å². The summed E-state index contributed by atoms with van der Waals surface area (Å²) in [6, 6.07) is 0. The smallest absolute Gasteiger partial charge is 0.0621 e. The molecule has 0 N–H and O–H groups in total. The van der Waals surface area contributed by atoms with Crippen LogP contribution >= 0.6 is 0 Å². The lowest BCUT2D eigenvalue weighted by molar-refractivity contribution is 0.623. The van der Waals surface area contributed by atoms with Gasteiger partial charge < -0.3 is 0 Å². The van der Waals surface area contributed by atoms with Crippen LogP contribution in [0.4, 0.5) is 0 Å². The van der Waals surface area contributed by atoms with Crippen LogP contribution in [0.3, 0.4) is 0 Å². The Labute approximate surface area is 66.8 Å². The van der Waals surface area contributed by atoms with Crippen LogP contribution in [0.5, 0.6) is 0 Å². The van der Waals surface area contributed by atoms with E-state index in [1.165, 1.54) is 19.3 Å². The summed E-state index contributed by atoms with van der Waals surface area (Å²) in [5.41, 5.74) is 0. The highest BCUT2D eigenvalue weighted by atomic mass is 15.5. The fraction of sp³-hybridized carbons (Fsp3) is 1.00. The number of hydrogen-bond acceptors (Lipinski definition) is 4. The van der Waals surface area contributed by atoms with Gasteiger partial charge in [-0.15, -0.1) is 0 Å². The van der Waals surface area contributed by atoms with E-state index in [-0.39, 0.29) is 0 Å². The molecular weight excluding hydrogens is 140 g/mol. The highest BCUT2D eigenvalue weighted by Crippen LogP contribution is 2.04. The molecule has 1 heterocycles. The molecule has 62 valence electrons. The zero-order valence-electron chi connectivity index (χ0n) is 6.74.